The van der Waals surface area contributed by atoms with Crippen LogP contribution >= 0.6 is 11.6 Å². The third-order valence-electron chi connectivity index (χ3n) is 7.11. The third kappa shape index (κ3) is 4.90. The minimum atomic E-state index is -0.560. The summed E-state index contributed by atoms with van der Waals surface area (Å²) < 4.78 is 6.11. The Hall–Kier alpha value is -1.44. The summed E-state index contributed by atoms with van der Waals surface area (Å²) in [6, 6.07) is 9.32. The van der Waals surface area contributed by atoms with Crippen LogP contribution in [0.15, 0.2) is 30.5 Å². The summed E-state index contributed by atoms with van der Waals surface area (Å²) in [7, 11) is 0. The Morgan fingerprint density at radius 2 is 1.78 bits per heavy atom. The van der Waals surface area contributed by atoms with Gasteiger partial charge in [0.15, 0.2) is 0 Å². The van der Waals surface area contributed by atoms with Gasteiger partial charge < -0.3 is 15.4 Å². The van der Waals surface area contributed by atoms with Gasteiger partial charge in [0, 0.05) is 53.3 Å². The van der Waals surface area contributed by atoms with E-state index in [0.29, 0.717) is 29.8 Å². The van der Waals surface area contributed by atoms with Crippen molar-refractivity contribution in [1.82, 2.24) is 10.3 Å². The number of benzene rings is 1. The molecule has 2 aromatic rings. The van der Waals surface area contributed by atoms with E-state index in [2.05, 4.69) is 27.8 Å². The average molecular weight is 460 g/mol. The first-order chi connectivity index (χ1) is 15.4. The number of fused-ring (bicyclic) bond motifs is 1. The van der Waals surface area contributed by atoms with Crippen molar-refractivity contribution in [2.75, 3.05) is 11.9 Å². The molecular formula is C25H34ClN3O3. The SMILES string of the molecule is CC1(C)COC2(CCC(N[C@@H]3CCCC[C@H]3Nc3ccnc4cc(Cl)ccc34)CC2)OO1. The first kappa shape index (κ1) is 22.4. The Labute approximate surface area is 195 Å². The molecular weight excluding hydrogens is 426 g/mol. The van der Waals surface area contributed by atoms with Crippen LogP contribution < -0.4 is 10.6 Å². The maximum atomic E-state index is 6.17. The normalized spacial score (nSPS) is 32.8. The van der Waals surface area contributed by atoms with Crippen molar-refractivity contribution < 1.29 is 14.5 Å². The highest BCUT2D eigenvalue weighted by Gasteiger charge is 2.45. The molecule has 174 valence electrons. The van der Waals surface area contributed by atoms with Crippen LogP contribution in [-0.4, -0.2) is 41.1 Å². The Bertz CT molecular complexity index is 933. The standard InChI is InChI=1S/C25H34ClN3O3/c1-24(2)16-30-25(32-31-24)12-9-18(10-13-25)28-21-5-3-4-6-22(21)29-20-11-14-27-23-15-17(26)7-8-19(20)23/h7-8,11,14-15,18,21-22,28H,3-6,9-10,12-13,16H2,1-2H3,(H,27,29)/t18?,21-,22-,25?/m1/s1. The monoisotopic (exact) mass is 459 g/mol. The average Bonchev–Trinajstić information content (AvgIpc) is 2.79. The van der Waals surface area contributed by atoms with Crippen molar-refractivity contribution in [3.63, 3.8) is 0 Å². The maximum Gasteiger partial charge on any atom is 0.201 e. The predicted molar refractivity (Wildman–Crippen MR) is 127 cm³/mol. The van der Waals surface area contributed by atoms with E-state index in [-0.39, 0.29) is 5.60 Å². The summed E-state index contributed by atoms with van der Waals surface area (Å²) in [6.07, 6.45) is 10.5. The molecule has 6 nitrogen and oxygen atoms in total. The molecule has 0 unspecified atom stereocenters. The molecule has 3 fully saturated rings. The zero-order valence-corrected chi connectivity index (χ0v) is 19.8. The number of nitrogens with one attached hydrogen (secondary N) is 2. The first-order valence-corrected chi connectivity index (χ1v) is 12.4. The van der Waals surface area contributed by atoms with E-state index in [9.17, 15) is 0 Å². The zero-order chi connectivity index (χ0) is 22.2. The molecule has 0 bridgehead atoms. The number of nitrogens with zero attached hydrogens (tertiary/aromatic N) is 1. The molecule has 1 aromatic carbocycles. The fraction of sp³-hybridized carbons (Fsp3) is 0.640. The van der Waals surface area contributed by atoms with Crippen LogP contribution in [0.4, 0.5) is 5.69 Å². The molecule has 2 atom stereocenters. The first-order valence-electron chi connectivity index (χ1n) is 12.0. The summed E-state index contributed by atoms with van der Waals surface area (Å²) in [5.41, 5.74) is 1.69. The molecule has 2 N–H and O–H groups in total. The maximum absolute atomic E-state index is 6.17. The lowest BCUT2D eigenvalue weighted by molar-refractivity contribution is -0.511. The van der Waals surface area contributed by atoms with Crippen LogP contribution in [-0.2, 0) is 14.5 Å². The van der Waals surface area contributed by atoms with Crippen molar-refractivity contribution in [3.05, 3.63) is 35.5 Å². The molecule has 1 aliphatic heterocycles. The van der Waals surface area contributed by atoms with Gasteiger partial charge in [0.1, 0.15) is 5.60 Å². The number of aromatic nitrogens is 1. The van der Waals surface area contributed by atoms with Gasteiger partial charge in [-0.15, -0.1) is 0 Å². The molecule has 1 spiro atoms. The molecule has 1 saturated heterocycles. The van der Waals surface area contributed by atoms with Crippen LogP contribution in [0, 0.1) is 0 Å². The van der Waals surface area contributed by atoms with Gasteiger partial charge in [0.2, 0.25) is 5.79 Å². The number of halogens is 1. The van der Waals surface area contributed by atoms with E-state index >= 15 is 0 Å². The Balaban J connectivity index is 1.22. The van der Waals surface area contributed by atoms with Gasteiger partial charge in [-0.05, 0) is 63.8 Å². The van der Waals surface area contributed by atoms with E-state index in [1.165, 1.54) is 25.7 Å². The van der Waals surface area contributed by atoms with E-state index in [1.54, 1.807) is 0 Å². The van der Waals surface area contributed by atoms with Gasteiger partial charge in [-0.25, -0.2) is 9.78 Å². The van der Waals surface area contributed by atoms with Crippen molar-refractivity contribution in [2.45, 2.75) is 94.7 Å². The van der Waals surface area contributed by atoms with Crippen LogP contribution in [0.25, 0.3) is 10.9 Å². The van der Waals surface area contributed by atoms with E-state index in [1.807, 2.05) is 32.2 Å². The molecule has 0 radical (unpaired) electrons. The van der Waals surface area contributed by atoms with Gasteiger partial charge >= 0.3 is 0 Å². The van der Waals surface area contributed by atoms with Gasteiger partial charge in [-0.2, -0.15) is 0 Å². The van der Waals surface area contributed by atoms with E-state index in [4.69, 9.17) is 26.1 Å². The van der Waals surface area contributed by atoms with Gasteiger partial charge in [0.25, 0.3) is 0 Å². The molecule has 0 amide bonds. The highest BCUT2D eigenvalue weighted by molar-refractivity contribution is 6.31. The van der Waals surface area contributed by atoms with Crippen LogP contribution in [0.5, 0.6) is 0 Å². The molecule has 1 aromatic heterocycles. The van der Waals surface area contributed by atoms with Crippen molar-refractivity contribution >= 4 is 28.2 Å². The van der Waals surface area contributed by atoms with Crippen LogP contribution in [0.3, 0.4) is 0 Å². The van der Waals surface area contributed by atoms with Crippen molar-refractivity contribution in [2.24, 2.45) is 0 Å². The summed E-state index contributed by atoms with van der Waals surface area (Å²) >= 11 is 6.17. The summed E-state index contributed by atoms with van der Waals surface area (Å²) in [4.78, 5) is 15.8. The largest absolute Gasteiger partial charge is 0.380 e. The topological polar surface area (TPSA) is 64.6 Å². The minimum absolute atomic E-state index is 0.371. The molecule has 2 saturated carbocycles. The Morgan fingerprint density at radius 3 is 2.53 bits per heavy atom. The number of hydrogen-bond donors (Lipinski definition) is 2. The quantitative estimate of drug-likeness (QED) is 0.580. The highest BCUT2D eigenvalue weighted by atomic mass is 35.5. The molecule has 2 heterocycles. The summed E-state index contributed by atoms with van der Waals surface area (Å²) in [6.45, 7) is 4.55. The van der Waals surface area contributed by atoms with Crippen molar-refractivity contribution in [1.29, 1.82) is 0 Å². The number of ether oxygens (including phenoxy) is 1. The number of pyridine rings is 1. The Morgan fingerprint density at radius 1 is 1.00 bits per heavy atom. The van der Waals surface area contributed by atoms with E-state index in [0.717, 1.165) is 42.3 Å². The zero-order valence-electron chi connectivity index (χ0n) is 19.0. The summed E-state index contributed by atoms with van der Waals surface area (Å²) in [5, 5.41) is 9.64. The van der Waals surface area contributed by atoms with Crippen molar-refractivity contribution in [3.8, 4) is 0 Å². The second-order valence-corrected chi connectivity index (χ2v) is 10.7. The molecule has 7 heteroatoms. The highest BCUT2D eigenvalue weighted by Crippen LogP contribution is 2.39. The third-order valence-corrected chi connectivity index (χ3v) is 7.35. The minimum Gasteiger partial charge on any atom is -0.380 e. The number of hydrogen-bond acceptors (Lipinski definition) is 6. The molecule has 32 heavy (non-hydrogen) atoms. The second-order valence-electron chi connectivity index (χ2n) is 10.2. The molecule has 5 rings (SSSR count). The van der Waals surface area contributed by atoms with Gasteiger partial charge in [-0.3, -0.25) is 4.98 Å². The Kier molecular flexibility index (Phi) is 6.34. The van der Waals surface area contributed by atoms with Crippen LogP contribution in [0.1, 0.15) is 65.2 Å². The fourth-order valence-corrected chi connectivity index (χ4v) is 5.41. The lowest BCUT2D eigenvalue weighted by Crippen LogP contribution is -2.55. The second kappa shape index (κ2) is 9.07. The van der Waals surface area contributed by atoms with Gasteiger partial charge in [-0.1, -0.05) is 24.4 Å². The lowest BCUT2D eigenvalue weighted by Gasteiger charge is -2.46. The summed E-state index contributed by atoms with van der Waals surface area (Å²) in [5.74, 6) is -0.560. The van der Waals surface area contributed by atoms with Crippen LogP contribution in [0.2, 0.25) is 5.02 Å². The molecule has 2 aliphatic carbocycles. The molecule has 3 aliphatic rings. The number of rotatable bonds is 4. The number of anilines is 1. The smallest absolute Gasteiger partial charge is 0.201 e. The fourth-order valence-electron chi connectivity index (χ4n) is 5.25. The predicted octanol–water partition coefficient (Wildman–Crippen LogP) is 5.60. The van der Waals surface area contributed by atoms with Gasteiger partial charge in [0.05, 0.1) is 12.1 Å². The van der Waals surface area contributed by atoms with E-state index < -0.39 is 5.79 Å². The lowest BCUT2D eigenvalue weighted by atomic mass is 9.85.